The highest BCUT2D eigenvalue weighted by atomic mass is 16.1. The fraction of sp³-hybridized carbons (Fsp3) is 0.176. The molecule has 5 aromatic rings. The summed E-state index contributed by atoms with van der Waals surface area (Å²) in [5.74, 6) is -0.0704. The molecule has 0 radical (unpaired) electrons. The minimum atomic E-state index is -0.0753. The molecule has 0 saturated carbocycles. The molecule has 4 nitrogen and oxygen atoms in total. The maximum absolute atomic E-state index is 13.1. The average Bonchev–Trinajstić information content (AvgIpc) is 3.17. The Morgan fingerprint density at radius 1 is 0.921 bits per heavy atom. The lowest BCUT2D eigenvalue weighted by Gasteiger charge is -2.15. The van der Waals surface area contributed by atoms with E-state index in [1.807, 2.05) is 55.5 Å². The van der Waals surface area contributed by atoms with Crippen LogP contribution in [0, 0.1) is 32.1 Å². The molecule has 188 valence electrons. The summed E-state index contributed by atoms with van der Waals surface area (Å²) in [7, 11) is 0. The minimum Gasteiger partial charge on any atom is -0.346 e. The molecule has 5 rings (SSSR count). The lowest BCUT2D eigenvalue weighted by atomic mass is 9.99. The molecule has 4 aromatic carbocycles. The van der Waals surface area contributed by atoms with E-state index in [9.17, 15) is 10.1 Å². The third-order valence-electron chi connectivity index (χ3n) is 7.44. The van der Waals surface area contributed by atoms with Gasteiger partial charge in [0.2, 0.25) is 0 Å². The first-order valence-corrected chi connectivity index (χ1v) is 12.9. The van der Waals surface area contributed by atoms with Crippen LogP contribution in [0.2, 0.25) is 0 Å². The fourth-order valence-corrected chi connectivity index (χ4v) is 5.10. The van der Waals surface area contributed by atoms with Crippen LogP contribution in [0.4, 0.5) is 0 Å². The number of benzene rings is 4. The Bertz CT molecular complexity index is 1690. The van der Waals surface area contributed by atoms with Gasteiger partial charge in [0, 0.05) is 28.7 Å². The van der Waals surface area contributed by atoms with E-state index < -0.39 is 0 Å². The van der Waals surface area contributed by atoms with E-state index in [0.29, 0.717) is 11.1 Å². The van der Waals surface area contributed by atoms with E-state index in [1.165, 1.54) is 22.4 Å². The second-order valence-corrected chi connectivity index (χ2v) is 9.99. The second kappa shape index (κ2) is 10.4. The highest BCUT2D eigenvalue weighted by molar-refractivity contribution is 5.99. The van der Waals surface area contributed by atoms with Gasteiger partial charge in [0.15, 0.2) is 0 Å². The molecule has 0 unspecified atom stereocenters. The zero-order valence-corrected chi connectivity index (χ0v) is 22.2. The average molecular weight is 498 g/mol. The molecule has 0 fully saturated rings. The predicted molar refractivity (Wildman–Crippen MR) is 154 cm³/mol. The van der Waals surface area contributed by atoms with Gasteiger partial charge in [0.25, 0.3) is 5.91 Å². The van der Waals surface area contributed by atoms with Crippen molar-refractivity contribution in [2.75, 3.05) is 0 Å². The number of hydrogen-bond donors (Lipinski definition) is 1. The monoisotopic (exact) mass is 497 g/mol. The quantitative estimate of drug-likeness (QED) is 0.262. The number of rotatable bonds is 6. The third-order valence-corrected chi connectivity index (χ3v) is 7.44. The van der Waals surface area contributed by atoms with Gasteiger partial charge in [0.1, 0.15) is 0 Å². The van der Waals surface area contributed by atoms with E-state index in [0.717, 1.165) is 34.1 Å². The second-order valence-electron chi connectivity index (χ2n) is 9.99. The molecule has 0 saturated heterocycles. The van der Waals surface area contributed by atoms with Crippen molar-refractivity contribution >= 4 is 16.8 Å². The SMILES string of the molecule is Cc1cccc([C@H](C)NC(=O)c2ccc3c(c2)c(C)c(C)n3Cc2ccc(-c3ccccc3C#N)cc2)c1. The van der Waals surface area contributed by atoms with Crippen molar-refractivity contribution in [1.29, 1.82) is 5.26 Å². The van der Waals surface area contributed by atoms with Gasteiger partial charge in [-0.3, -0.25) is 4.79 Å². The molecular formula is C34H31N3O. The number of hydrogen-bond acceptors (Lipinski definition) is 2. The molecule has 1 heterocycles. The van der Waals surface area contributed by atoms with E-state index in [4.69, 9.17) is 0 Å². The summed E-state index contributed by atoms with van der Waals surface area (Å²) in [6.45, 7) is 9.05. The molecular weight excluding hydrogens is 466 g/mol. The highest BCUT2D eigenvalue weighted by Crippen LogP contribution is 2.29. The van der Waals surface area contributed by atoms with Gasteiger partial charge >= 0.3 is 0 Å². The Kier molecular flexibility index (Phi) is 6.85. The Morgan fingerprint density at radius 3 is 2.42 bits per heavy atom. The number of fused-ring (bicyclic) bond motifs is 1. The first-order valence-electron chi connectivity index (χ1n) is 12.9. The largest absolute Gasteiger partial charge is 0.346 e. The molecule has 1 N–H and O–H groups in total. The molecule has 1 atom stereocenters. The number of nitrogens with zero attached hydrogens (tertiary/aromatic N) is 2. The molecule has 1 amide bonds. The van der Waals surface area contributed by atoms with Crippen LogP contribution in [0.5, 0.6) is 0 Å². The van der Waals surface area contributed by atoms with Crippen LogP contribution in [-0.4, -0.2) is 10.5 Å². The zero-order valence-electron chi connectivity index (χ0n) is 22.2. The van der Waals surface area contributed by atoms with Crippen LogP contribution in [-0.2, 0) is 6.54 Å². The van der Waals surface area contributed by atoms with Crippen molar-refractivity contribution in [2.45, 2.75) is 40.3 Å². The van der Waals surface area contributed by atoms with Crippen LogP contribution < -0.4 is 5.32 Å². The maximum atomic E-state index is 13.1. The van der Waals surface area contributed by atoms with Crippen molar-refractivity contribution < 1.29 is 4.79 Å². The van der Waals surface area contributed by atoms with Crippen LogP contribution >= 0.6 is 0 Å². The minimum absolute atomic E-state index is 0.0704. The van der Waals surface area contributed by atoms with Crippen molar-refractivity contribution in [3.8, 4) is 17.2 Å². The summed E-state index contributed by atoms with van der Waals surface area (Å²) in [5, 5.41) is 13.7. The van der Waals surface area contributed by atoms with Gasteiger partial charge in [-0.1, -0.05) is 72.3 Å². The van der Waals surface area contributed by atoms with Gasteiger partial charge in [-0.15, -0.1) is 0 Å². The number of carbonyl (C=O) groups excluding carboxylic acids is 1. The predicted octanol–water partition coefficient (Wildman–Crippen LogP) is 7.64. The van der Waals surface area contributed by atoms with E-state index in [2.05, 4.69) is 79.2 Å². The van der Waals surface area contributed by atoms with E-state index >= 15 is 0 Å². The normalized spacial score (nSPS) is 11.8. The summed E-state index contributed by atoms with van der Waals surface area (Å²) in [5.41, 5.74) is 10.3. The molecule has 38 heavy (non-hydrogen) atoms. The number of aromatic nitrogens is 1. The summed E-state index contributed by atoms with van der Waals surface area (Å²) in [6.07, 6.45) is 0. The third kappa shape index (κ3) is 4.84. The van der Waals surface area contributed by atoms with E-state index in [1.54, 1.807) is 0 Å². The Morgan fingerprint density at radius 2 is 1.68 bits per heavy atom. The number of aryl methyl sites for hydroxylation is 2. The number of amides is 1. The summed E-state index contributed by atoms with van der Waals surface area (Å²) < 4.78 is 2.31. The first kappa shape index (κ1) is 25.0. The number of carbonyl (C=O) groups is 1. The Hall–Kier alpha value is -4.62. The molecule has 0 aliphatic rings. The van der Waals surface area contributed by atoms with Crippen LogP contribution in [0.15, 0.2) is 91.0 Å². The Labute approximate surface area is 224 Å². The van der Waals surface area contributed by atoms with Crippen LogP contribution in [0.3, 0.4) is 0 Å². The van der Waals surface area contributed by atoms with Gasteiger partial charge in [-0.25, -0.2) is 0 Å². The van der Waals surface area contributed by atoms with Crippen molar-refractivity contribution in [3.05, 3.63) is 130 Å². The van der Waals surface area contributed by atoms with Gasteiger partial charge in [0.05, 0.1) is 17.7 Å². The summed E-state index contributed by atoms with van der Waals surface area (Å²) in [4.78, 5) is 13.1. The van der Waals surface area contributed by atoms with Gasteiger partial charge in [-0.05, 0) is 79.8 Å². The summed E-state index contributed by atoms with van der Waals surface area (Å²) in [6, 6.07) is 32.5. The molecule has 1 aromatic heterocycles. The van der Waals surface area contributed by atoms with Crippen molar-refractivity contribution in [2.24, 2.45) is 0 Å². The maximum Gasteiger partial charge on any atom is 0.251 e. The zero-order chi connectivity index (χ0) is 26.8. The number of nitriles is 1. The highest BCUT2D eigenvalue weighted by Gasteiger charge is 2.16. The fourth-order valence-electron chi connectivity index (χ4n) is 5.10. The van der Waals surface area contributed by atoms with Gasteiger partial charge in [-0.2, -0.15) is 5.26 Å². The van der Waals surface area contributed by atoms with Gasteiger partial charge < -0.3 is 9.88 Å². The smallest absolute Gasteiger partial charge is 0.251 e. The lowest BCUT2D eigenvalue weighted by molar-refractivity contribution is 0.0940. The van der Waals surface area contributed by atoms with Crippen LogP contribution in [0.25, 0.3) is 22.0 Å². The van der Waals surface area contributed by atoms with Crippen molar-refractivity contribution in [1.82, 2.24) is 9.88 Å². The van der Waals surface area contributed by atoms with E-state index in [-0.39, 0.29) is 11.9 Å². The van der Waals surface area contributed by atoms with Crippen molar-refractivity contribution in [3.63, 3.8) is 0 Å². The molecule has 0 aliphatic carbocycles. The molecule has 0 aliphatic heterocycles. The Balaban J connectivity index is 1.39. The molecule has 0 bridgehead atoms. The summed E-state index contributed by atoms with van der Waals surface area (Å²) >= 11 is 0. The number of nitrogens with one attached hydrogen (secondary N) is 1. The first-order chi connectivity index (χ1) is 18.4. The standard InChI is InChI=1S/C34H31N3O/c1-22-8-7-10-28(18-22)24(3)36-34(38)29-16-17-33-32(19-29)23(2)25(4)37(33)21-26-12-14-27(15-13-26)31-11-6-5-9-30(31)20-35/h5-19,24H,21H2,1-4H3,(H,36,38)/t24-/m0/s1. The van der Waals surface area contributed by atoms with Crippen LogP contribution in [0.1, 0.15) is 56.8 Å². The lowest BCUT2D eigenvalue weighted by Crippen LogP contribution is -2.26. The molecule has 4 heteroatoms. The molecule has 0 spiro atoms. The topological polar surface area (TPSA) is 57.8 Å².